The Morgan fingerprint density at radius 3 is 1.29 bits per heavy atom. The van der Waals surface area contributed by atoms with Crippen LogP contribution >= 0.6 is 7.82 Å². The number of rotatable bonds is 6. The molecule has 0 saturated heterocycles. The zero-order chi connectivity index (χ0) is 10.9. The summed E-state index contributed by atoms with van der Waals surface area (Å²) in [5.41, 5.74) is 0. The molecule has 0 saturated carbocycles. The molecule has 0 N–H and O–H groups in total. The van der Waals surface area contributed by atoms with Crippen molar-refractivity contribution in [3.05, 3.63) is 37.0 Å². The van der Waals surface area contributed by atoms with Crippen LogP contribution in [0.2, 0.25) is 0 Å². The predicted octanol–water partition coefficient (Wildman–Crippen LogP) is 3.75. The fourth-order valence-corrected chi connectivity index (χ4v) is 1.44. The summed E-state index contributed by atoms with van der Waals surface area (Å²) in [5, 5.41) is 0. The molecule has 4 nitrogen and oxygen atoms in total. The van der Waals surface area contributed by atoms with Crippen LogP contribution in [0.1, 0.15) is 20.8 Å². The first-order valence-electron chi connectivity index (χ1n) is 4.17. The lowest BCUT2D eigenvalue weighted by Crippen LogP contribution is -1.88. The van der Waals surface area contributed by atoms with Crippen LogP contribution in [0.5, 0.6) is 0 Å². The second-order valence-electron chi connectivity index (χ2n) is 2.17. The van der Waals surface area contributed by atoms with E-state index >= 15 is 0 Å². The summed E-state index contributed by atoms with van der Waals surface area (Å²) in [4.78, 5) is 0. The molecule has 0 atom stereocenters. The second kappa shape index (κ2) is 7.27. The highest BCUT2D eigenvalue weighted by Crippen LogP contribution is 2.50. The molecule has 0 unspecified atom stereocenters. The summed E-state index contributed by atoms with van der Waals surface area (Å²) in [6.45, 7) is 5.20. The van der Waals surface area contributed by atoms with Gasteiger partial charge in [0.25, 0.3) is 0 Å². The van der Waals surface area contributed by atoms with Gasteiger partial charge in [0, 0.05) is 0 Å². The van der Waals surface area contributed by atoms with Gasteiger partial charge in [-0.15, -0.1) is 0 Å². The summed E-state index contributed by atoms with van der Waals surface area (Å²) >= 11 is 0. The SMILES string of the molecule is C/C=C/OP(=O)(O/C=C/C)O/C=C/C. The van der Waals surface area contributed by atoms with Crippen molar-refractivity contribution in [2.45, 2.75) is 20.8 Å². The molecular formula is C9H15O4P. The van der Waals surface area contributed by atoms with E-state index in [4.69, 9.17) is 13.6 Å². The Morgan fingerprint density at radius 1 is 0.786 bits per heavy atom. The van der Waals surface area contributed by atoms with Crippen molar-refractivity contribution in [1.82, 2.24) is 0 Å². The lowest BCUT2D eigenvalue weighted by Gasteiger charge is -2.12. The van der Waals surface area contributed by atoms with Crippen molar-refractivity contribution >= 4 is 7.82 Å². The second-order valence-corrected chi connectivity index (χ2v) is 3.70. The molecule has 0 spiro atoms. The molecular weight excluding hydrogens is 203 g/mol. The van der Waals surface area contributed by atoms with Crippen molar-refractivity contribution < 1.29 is 18.1 Å². The molecule has 0 rings (SSSR count). The Balaban J connectivity index is 4.39. The molecule has 0 amide bonds. The number of allylic oxidation sites excluding steroid dienone is 3. The summed E-state index contributed by atoms with van der Waals surface area (Å²) in [6.07, 6.45) is 8.54. The molecule has 0 aliphatic heterocycles. The average molecular weight is 218 g/mol. The third-order valence-corrected chi connectivity index (χ3v) is 2.12. The Kier molecular flexibility index (Phi) is 6.68. The number of hydrogen-bond acceptors (Lipinski definition) is 4. The first kappa shape index (κ1) is 12.8. The molecule has 0 fully saturated rings. The Hall–Kier alpha value is -1.15. The number of phosphoric acid groups is 1. The van der Waals surface area contributed by atoms with Crippen LogP contribution in [0, 0.1) is 0 Å². The smallest absolute Gasteiger partial charge is 0.394 e. The van der Waals surface area contributed by atoms with Gasteiger partial charge in [-0.2, -0.15) is 4.57 Å². The van der Waals surface area contributed by atoms with Gasteiger partial charge in [0.2, 0.25) is 0 Å². The van der Waals surface area contributed by atoms with E-state index in [-0.39, 0.29) is 0 Å². The normalized spacial score (nSPS) is 12.8. The standard InChI is InChI=1S/C9H15O4P/c1-4-7-11-14(10,12-8-5-2)13-9-6-3/h4-9H,1-3H3/b7-4+,8-5+,9-6+. The van der Waals surface area contributed by atoms with Crippen LogP contribution in [0.4, 0.5) is 0 Å². The molecule has 0 bridgehead atoms. The Morgan fingerprint density at radius 2 is 1.07 bits per heavy atom. The van der Waals surface area contributed by atoms with Gasteiger partial charge >= 0.3 is 7.82 Å². The molecule has 0 aliphatic rings. The highest BCUT2D eigenvalue weighted by Gasteiger charge is 2.26. The Labute approximate surface area is 84.5 Å². The third kappa shape index (κ3) is 5.49. The summed E-state index contributed by atoms with van der Waals surface area (Å²) in [7, 11) is -3.53. The quantitative estimate of drug-likeness (QED) is 0.503. The molecule has 14 heavy (non-hydrogen) atoms. The average Bonchev–Trinajstić information content (AvgIpc) is 2.21. The minimum atomic E-state index is -3.53. The maximum absolute atomic E-state index is 11.7. The zero-order valence-corrected chi connectivity index (χ0v) is 9.44. The first-order chi connectivity index (χ1) is 6.68. The van der Waals surface area contributed by atoms with Crippen molar-refractivity contribution in [2.75, 3.05) is 0 Å². The molecule has 0 aromatic carbocycles. The van der Waals surface area contributed by atoms with Crippen LogP contribution in [0.15, 0.2) is 37.0 Å². The van der Waals surface area contributed by atoms with Crippen molar-refractivity contribution in [1.29, 1.82) is 0 Å². The first-order valence-corrected chi connectivity index (χ1v) is 5.63. The van der Waals surface area contributed by atoms with E-state index in [1.807, 2.05) is 0 Å². The molecule has 0 aromatic heterocycles. The molecule has 0 aromatic rings. The zero-order valence-electron chi connectivity index (χ0n) is 8.54. The Bertz CT molecular complexity index is 225. The summed E-state index contributed by atoms with van der Waals surface area (Å²) in [5.74, 6) is 0. The maximum Gasteiger partial charge on any atom is 0.645 e. The van der Waals surface area contributed by atoms with E-state index in [9.17, 15) is 4.57 Å². The fourth-order valence-electron chi connectivity index (χ4n) is 0.481. The summed E-state index contributed by atoms with van der Waals surface area (Å²) < 4.78 is 26.1. The molecule has 0 aliphatic carbocycles. The van der Waals surface area contributed by atoms with E-state index < -0.39 is 7.82 Å². The van der Waals surface area contributed by atoms with E-state index in [2.05, 4.69) is 0 Å². The van der Waals surface area contributed by atoms with Crippen LogP contribution in [0.25, 0.3) is 0 Å². The minimum Gasteiger partial charge on any atom is -0.394 e. The van der Waals surface area contributed by atoms with Gasteiger partial charge in [0.05, 0.1) is 18.8 Å². The van der Waals surface area contributed by atoms with Crippen LogP contribution in [-0.2, 0) is 18.1 Å². The van der Waals surface area contributed by atoms with Gasteiger partial charge < -0.3 is 13.6 Å². The highest BCUT2D eigenvalue weighted by atomic mass is 31.2. The van der Waals surface area contributed by atoms with Crippen LogP contribution in [0.3, 0.4) is 0 Å². The molecule has 0 radical (unpaired) electrons. The number of phosphoric ester groups is 1. The van der Waals surface area contributed by atoms with E-state index in [0.29, 0.717) is 0 Å². The lowest BCUT2D eigenvalue weighted by molar-refractivity contribution is 0.230. The maximum atomic E-state index is 11.7. The third-order valence-electron chi connectivity index (χ3n) is 0.978. The van der Waals surface area contributed by atoms with Crippen LogP contribution in [-0.4, -0.2) is 0 Å². The fraction of sp³-hybridized carbons (Fsp3) is 0.333. The van der Waals surface area contributed by atoms with Gasteiger partial charge in [0.1, 0.15) is 0 Å². The van der Waals surface area contributed by atoms with Gasteiger partial charge in [-0.25, -0.2) is 0 Å². The lowest BCUT2D eigenvalue weighted by atomic mass is 10.7. The van der Waals surface area contributed by atoms with Gasteiger partial charge in [-0.1, -0.05) is 18.2 Å². The molecule has 0 heterocycles. The largest absolute Gasteiger partial charge is 0.645 e. The van der Waals surface area contributed by atoms with Crippen molar-refractivity contribution in [3.63, 3.8) is 0 Å². The van der Waals surface area contributed by atoms with Gasteiger partial charge in [0.15, 0.2) is 0 Å². The van der Waals surface area contributed by atoms with E-state index in [1.54, 1.807) is 39.0 Å². The topological polar surface area (TPSA) is 44.8 Å². The van der Waals surface area contributed by atoms with E-state index in [1.165, 1.54) is 18.8 Å². The summed E-state index contributed by atoms with van der Waals surface area (Å²) in [6, 6.07) is 0. The van der Waals surface area contributed by atoms with E-state index in [0.717, 1.165) is 0 Å². The van der Waals surface area contributed by atoms with Crippen LogP contribution < -0.4 is 0 Å². The van der Waals surface area contributed by atoms with Crippen molar-refractivity contribution in [3.8, 4) is 0 Å². The van der Waals surface area contributed by atoms with Gasteiger partial charge in [-0.3, -0.25) is 0 Å². The van der Waals surface area contributed by atoms with Gasteiger partial charge in [-0.05, 0) is 20.8 Å². The van der Waals surface area contributed by atoms with Crippen molar-refractivity contribution in [2.24, 2.45) is 0 Å². The highest BCUT2D eigenvalue weighted by molar-refractivity contribution is 7.48. The monoisotopic (exact) mass is 218 g/mol. The molecule has 80 valence electrons. The number of hydrogen-bond donors (Lipinski definition) is 0. The minimum absolute atomic E-state index is 1.26. The molecule has 5 heteroatoms. The predicted molar refractivity (Wildman–Crippen MR) is 55.3 cm³/mol.